The molecule has 0 unspecified atom stereocenters. The van der Waals surface area contributed by atoms with E-state index in [0.29, 0.717) is 11.1 Å². The molecule has 19 heavy (non-hydrogen) atoms. The van der Waals surface area contributed by atoms with Gasteiger partial charge in [0.1, 0.15) is 0 Å². The van der Waals surface area contributed by atoms with Crippen molar-refractivity contribution >= 4 is 24.0 Å². The van der Waals surface area contributed by atoms with Gasteiger partial charge < -0.3 is 20.7 Å². The van der Waals surface area contributed by atoms with Crippen LogP contribution in [0.5, 0.6) is 11.5 Å². The molecule has 0 aromatic heterocycles. The highest BCUT2D eigenvalue weighted by atomic mass is 16.5. The Morgan fingerprint density at radius 3 is 2.47 bits per heavy atom. The predicted molar refractivity (Wildman–Crippen MR) is 69.6 cm³/mol. The van der Waals surface area contributed by atoms with Crippen molar-refractivity contribution in [3.63, 3.8) is 0 Å². The van der Waals surface area contributed by atoms with Gasteiger partial charge in [0.2, 0.25) is 5.91 Å². The molecule has 0 fully saturated rings. The zero-order valence-electron chi connectivity index (χ0n) is 10.2. The smallest absolute Gasteiger partial charge is 0.328 e. The first-order chi connectivity index (χ1) is 8.93. The van der Waals surface area contributed by atoms with Crippen LogP contribution in [0.1, 0.15) is 11.1 Å². The summed E-state index contributed by atoms with van der Waals surface area (Å²) < 4.78 is 4.96. The van der Waals surface area contributed by atoms with E-state index in [1.165, 1.54) is 31.4 Å². The number of phenolic OH excluding ortho intramolecular Hbond substituents is 1. The second-order valence-electron chi connectivity index (χ2n) is 3.57. The molecule has 0 heterocycles. The fraction of sp³-hybridized carbons (Fsp3) is 0.0769. The van der Waals surface area contributed by atoms with E-state index in [0.717, 1.165) is 12.2 Å². The Morgan fingerprint density at radius 2 is 1.95 bits per heavy atom. The van der Waals surface area contributed by atoms with E-state index in [2.05, 4.69) is 0 Å². The van der Waals surface area contributed by atoms with Gasteiger partial charge in [-0.1, -0.05) is 0 Å². The highest BCUT2D eigenvalue weighted by molar-refractivity contribution is 5.91. The summed E-state index contributed by atoms with van der Waals surface area (Å²) in [5, 5.41) is 18.4. The van der Waals surface area contributed by atoms with E-state index in [-0.39, 0.29) is 11.5 Å². The Bertz CT molecular complexity index is 560. The summed E-state index contributed by atoms with van der Waals surface area (Å²) in [6.45, 7) is 0. The van der Waals surface area contributed by atoms with E-state index in [4.69, 9.17) is 15.6 Å². The topological polar surface area (TPSA) is 110 Å². The molecule has 6 nitrogen and oxygen atoms in total. The third kappa shape index (κ3) is 4.19. The number of benzene rings is 1. The number of primary amides is 1. The molecule has 100 valence electrons. The van der Waals surface area contributed by atoms with Crippen molar-refractivity contribution in [2.45, 2.75) is 0 Å². The molecule has 6 heteroatoms. The lowest BCUT2D eigenvalue weighted by atomic mass is 10.1. The summed E-state index contributed by atoms with van der Waals surface area (Å²) in [7, 11) is 1.36. The lowest BCUT2D eigenvalue weighted by Gasteiger charge is -2.08. The van der Waals surface area contributed by atoms with Gasteiger partial charge in [0.05, 0.1) is 7.11 Å². The number of carbonyl (C=O) groups excluding carboxylic acids is 1. The number of aromatic hydroxyl groups is 1. The molecule has 0 spiro atoms. The van der Waals surface area contributed by atoms with Crippen LogP contribution in [0.4, 0.5) is 0 Å². The third-order valence-electron chi connectivity index (χ3n) is 2.19. The van der Waals surface area contributed by atoms with Gasteiger partial charge in [0, 0.05) is 17.7 Å². The van der Waals surface area contributed by atoms with Crippen LogP contribution < -0.4 is 10.5 Å². The molecule has 1 aromatic rings. The van der Waals surface area contributed by atoms with Crippen LogP contribution in [0, 0.1) is 0 Å². The maximum absolute atomic E-state index is 10.7. The summed E-state index contributed by atoms with van der Waals surface area (Å²) in [5.41, 5.74) is 5.76. The van der Waals surface area contributed by atoms with Crippen LogP contribution in [0.2, 0.25) is 0 Å². The fourth-order valence-electron chi connectivity index (χ4n) is 1.37. The van der Waals surface area contributed by atoms with Crippen molar-refractivity contribution in [2.24, 2.45) is 5.73 Å². The summed E-state index contributed by atoms with van der Waals surface area (Å²) in [4.78, 5) is 21.1. The van der Waals surface area contributed by atoms with Gasteiger partial charge in [-0.3, -0.25) is 4.79 Å². The molecule has 1 amide bonds. The van der Waals surface area contributed by atoms with Crippen molar-refractivity contribution in [1.29, 1.82) is 0 Å². The first-order valence-electron chi connectivity index (χ1n) is 5.23. The van der Waals surface area contributed by atoms with Crippen LogP contribution in [0.25, 0.3) is 12.2 Å². The standard InChI is InChI=1S/C13H13NO5/c1-19-10-7-8(2-5-12(16)17)6-9(13(10)18)3-4-11(14)15/h2-7,18H,1H3,(H2,14,15)(H,16,17). The SMILES string of the molecule is COc1cc(C=CC(=O)O)cc(C=CC(N)=O)c1O. The average Bonchev–Trinajstić information content (AvgIpc) is 2.35. The number of nitrogens with two attached hydrogens (primary N) is 1. The summed E-state index contributed by atoms with van der Waals surface area (Å²) in [6.07, 6.45) is 4.69. The van der Waals surface area contributed by atoms with E-state index < -0.39 is 11.9 Å². The molecular weight excluding hydrogens is 250 g/mol. The van der Waals surface area contributed by atoms with Gasteiger partial charge in [0.15, 0.2) is 11.5 Å². The molecule has 0 bridgehead atoms. The van der Waals surface area contributed by atoms with Gasteiger partial charge in [0.25, 0.3) is 0 Å². The number of amides is 1. The number of carboxylic acid groups (broad SMARTS) is 1. The molecule has 0 radical (unpaired) electrons. The van der Waals surface area contributed by atoms with Crippen molar-refractivity contribution < 1.29 is 24.5 Å². The van der Waals surface area contributed by atoms with E-state index in [1.54, 1.807) is 0 Å². The second kappa shape index (κ2) is 6.25. The number of carbonyl (C=O) groups is 2. The lowest BCUT2D eigenvalue weighted by molar-refractivity contribution is -0.131. The van der Waals surface area contributed by atoms with Crippen LogP contribution in [-0.2, 0) is 9.59 Å². The lowest BCUT2D eigenvalue weighted by Crippen LogP contribution is -2.05. The Morgan fingerprint density at radius 1 is 1.26 bits per heavy atom. The van der Waals surface area contributed by atoms with Gasteiger partial charge >= 0.3 is 5.97 Å². The molecule has 0 aliphatic heterocycles. The normalized spacial score (nSPS) is 11.0. The number of aliphatic carboxylic acids is 1. The number of hydrogen-bond acceptors (Lipinski definition) is 4. The number of methoxy groups -OCH3 is 1. The predicted octanol–water partition coefficient (Wildman–Crippen LogP) is 0.997. The molecular formula is C13H13NO5. The average molecular weight is 263 g/mol. The van der Waals surface area contributed by atoms with Gasteiger partial charge in [-0.25, -0.2) is 4.79 Å². The van der Waals surface area contributed by atoms with Gasteiger partial charge in [-0.05, 0) is 29.8 Å². The minimum atomic E-state index is -1.10. The molecule has 0 saturated carbocycles. The first-order valence-corrected chi connectivity index (χ1v) is 5.23. The summed E-state index contributed by atoms with van der Waals surface area (Å²) in [5.74, 6) is -1.75. The Kier molecular flexibility index (Phi) is 4.70. The number of rotatable bonds is 5. The number of ether oxygens (including phenoxy) is 1. The largest absolute Gasteiger partial charge is 0.504 e. The second-order valence-corrected chi connectivity index (χ2v) is 3.57. The summed E-state index contributed by atoms with van der Waals surface area (Å²) in [6, 6.07) is 2.97. The molecule has 0 aliphatic carbocycles. The molecule has 1 rings (SSSR count). The first kappa shape index (κ1) is 14.3. The zero-order chi connectivity index (χ0) is 14.4. The number of phenols is 1. The molecule has 0 saturated heterocycles. The minimum Gasteiger partial charge on any atom is -0.504 e. The fourth-order valence-corrected chi connectivity index (χ4v) is 1.37. The molecule has 1 aromatic carbocycles. The van der Waals surface area contributed by atoms with Crippen LogP contribution in [0.3, 0.4) is 0 Å². The van der Waals surface area contributed by atoms with Crippen LogP contribution in [-0.4, -0.2) is 29.2 Å². The minimum absolute atomic E-state index is 0.160. The number of hydrogen-bond donors (Lipinski definition) is 3. The van der Waals surface area contributed by atoms with Crippen molar-refractivity contribution in [3.8, 4) is 11.5 Å². The molecule has 4 N–H and O–H groups in total. The quantitative estimate of drug-likeness (QED) is 0.686. The molecule has 0 aliphatic rings. The highest BCUT2D eigenvalue weighted by Crippen LogP contribution is 2.32. The third-order valence-corrected chi connectivity index (χ3v) is 2.19. The van der Waals surface area contributed by atoms with Crippen molar-refractivity contribution in [2.75, 3.05) is 7.11 Å². The highest BCUT2D eigenvalue weighted by Gasteiger charge is 2.08. The zero-order valence-corrected chi connectivity index (χ0v) is 10.2. The maximum atomic E-state index is 10.7. The van der Waals surface area contributed by atoms with Crippen molar-refractivity contribution in [3.05, 3.63) is 35.4 Å². The van der Waals surface area contributed by atoms with E-state index in [1.807, 2.05) is 0 Å². The van der Waals surface area contributed by atoms with Crippen LogP contribution >= 0.6 is 0 Å². The molecule has 0 atom stereocenters. The van der Waals surface area contributed by atoms with Crippen molar-refractivity contribution in [1.82, 2.24) is 0 Å². The van der Waals surface area contributed by atoms with E-state index in [9.17, 15) is 14.7 Å². The monoisotopic (exact) mass is 263 g/mol. The number of carboxylic acids is 1. The Hall–Kier alpha value is -2.76. The van der Waals surface area contributed by atoms with Gasteiger partial charge in [-0.15, -0.1) is 0 Å². The Labute approximate surface area is 109 Å². The van der Waals surface area contributed by atoms with Gasteiger partial charge in [-0.2, -0.15) is 0 Å². The Balaban J connectivity index is 3.25. The maximum Gasteiger partial charge on any atom is 0.328 e. The van der Waals surface area contributed by atoms with Crippen LogP contribution in [0.15, 0.2) is 24.3 Å². The summed E-state index contributed by atoms with van der Waals surface area (Å²) >= 11 is 0. The van der Waals surface area contributed by atoms with E-state index >= 15 is 0 Å².